The van der Waals surface area contributed by atoms with Crippen molar-refractivity contribution in [3.63, 3.8) is 0 Å². The van der Waals surface area contributed by atoms with Crippen LogP contribution in [0.4, 0.5) is 22.0 Å². The van der Waals surface area contributed by atoms with Crippen LogP contribution in [0.2, 0.25) is 0 Å². The van der Waals surface area contributed by atoms with Crippen LogP contribution >= 0.6 is 11.3 Å². The standard InChI is InChI=1S/C20H24F5N5O3S.CH2O/c1-11-13(9-28-6-4-26-17(28)27-10-33-2)34-16-14(11)15(31)30(12-7-19(21,22)8-12)18(32)29(16)5-3-20(23,24)25;1-2/h12H,3-10H2,1-2H3,(H,26,27);1H2. The number of carbonyl (C=O) groups excluding carboxylic acids is 1. The van der Waals surface area contributed by atoms with Crippen LogP contribution < -0.4 is 16.6 Å². The molecule has 1 aliphatic carbocycles. The third-order valence-corrected chi connectivity index (χ3v) is 7.33. The number of hydrogen-bond acceptors (Lipinski definition) is 8. The maximum atomic E-state index is 13.5. The van der Waals surface area contributed by atoms with Crippen molar-refractivity contribution in [3.05, 3.63) is 31.3 Å². The lowest BCUT2D eigenvalue weighted by molar-refractivity contribution is -0.136. The summed E-state index contributed by atoms with van der Waals surface area (Å²) in [4.78, 5) is 41.4. The van der Waals surface area contributed by atoms with E-state index in [-0.39, 0.29) is 16.9 Å². The normalized spacial score (nSPS) is 17.5. The molecule has 4 rings (SSSR count). The van der Waals surface area contributed by atoms with E-state index in [9.17, 15) is 31.5 Å². The fourth-order valence-electron chi connectivity index (χ4n) is 4.25. The molecule has 1 N–H and O–H groups in total. The van der Waals surface area contributed by atoms with Crippen molar-refractivity contribution in [3.8, 4) is 0 Å². The number of carbonyl (C=O) groups is 1. The fourth-order valence-corrected chi connectivity index (χ4v) is 5.58. The van der Waals surface area contributed by atoms with Gasteiger partial charge in [0.25, 0.3) is 11.5 Å². The highest BCUT2D eigenvalue weighted by Gasteiger charge is 2.48. The molecule has 0 saturated heterocycles. The van der Waals surface area contributed by atoms with E-state index in [1.807, 2.05) is 11.7 Å². The molecule has 3 heterocycles. The summed E-state index contributed by atoms with van der Waals surface area (Å²) < 4.78 is 72.5. The molecule has 0 spiro atoms. The summed E-state index contributed by atoms with van der Waals surface area (Å²) >= 11 is 1.07. The summed E-state index contributed by atoms with van der Waals surface area (Å²) in [7, 11) is 1.52. The smallest absolute Gasteiger partial charge is 0.364 e. The minimum absolute atomic E-state index is 0.0968. The highest BCUT2D eigenvalue weighted by Crippen LogP contribution is 2.44. The number of halogens is 5. The van der Waals surface area contributed by atoms with Crippen LogP contribution in [-0.4, -0.2) is 65.8 Å². The van der Waals surface area contributed by atoms with E-state index in [0.29, 0.717) is 40.6 Å². The van der Waals surface area contributed by atoms with Crippen LogP contribution in [0.15, 0.2) is 14.6 Å². The Bertz CT molecular complexity index is 1240. The Morgan fingerprint density at radius 1 is 1.25 bits per heavy atom. The van der Waals surface area contributed by atoms with Crippen LogP contribution in [0.5, 0.6) is 0 Å². The molecule has 36 heavy (non-hydrogen) atoms. The number of thiophene rings is 1. The molecule has 0 amide bonds. The van der Waals surface area contributed by atoms with Gasteiger partial charge in [-0.25, -0.2) is 13.6 Å². The molecular formula is C21H26F5N5O4S. The number of guanidine groups is 1. The van der Waals surface area contributed by atoms with E-state index in [1.165, 1.54) is 7.11 Å². The van der Waals surface area contributed by atoms with E-state index >= 15 is 0 Å². The molecule has 200 valence electrons. The number of hydrogen-bond donors (Lipinski definition) is 1. The van der Waals surface area contributed by atoms with Crippen LogP contribution in [0.25, 0.3) is 10.2 Å². The van der Waals surface area contributed by atoms with Crippen molar-refractivity contribution in [2.24, 2.45) is 4.99 Å². The number of nitrogens with zero attached hydrogens (tertiary/aromatic N) is 4. The first-order valence-corrected chi connectivity index (χ1v) is 11.8. The second-order valence-electron chi connectivity index (χ2n) is 8.46. The van der Waals surface area contributed by atoms with E-state index in [1.54, 1.807) is 6.92 Å². The molecular weight excluding hydrogens is 513 g/mol. The SMILES string of the molecule is C=O.COCNC1=NCCN1Cc1sc2c(c1C)c(=O)n(C1CC(F)(F)C1)c(=O)n2CCC(F)(F)F. The minimum atomic E-state index is -4.53. The molecule has 0 bridgehead atoms. The number of aliphatic imine (C=N–C) groups is 1. The van der Waals surface area contributed by atoms with Gasteiger partial charge in [0, 0.05) is 37.9 Å². The zero-order valence-corrected chi connectivity index (χ0v) is 20.5. The molecule has 2 aromatic heterocycles. The summed E-state index contributed by atoms with van der Waals surface area (Å²) in [6, 6.07) is -1.05. The summed E-state index contributed by atoms with van der Waals surface area (Å²) in [6.07, 6.45) is -7.19. The Morgan fingerprint density at radius 3 is 2.50 bits per heavy atom. The molecule has 2 aliphatic rings. The third kappa shape index (κ3) is 5.61. The van der Waals surface area contributed by atoms with Crippen molar-refractivity contribution < 1.29 is 31.5 Å². The van der Waals surface area contributed by atoms with E-state index in [0.717, 1.165) is 15.9 Å². The molecule has 0 atom stereocenters. The van der Waals surface area contributed by atoms with Gasteiger partial charge in [-0.05, 0) is 12.5 Å². The lowest BCUT2D eigenvalue weighted by Crippen LogP contribution is -2.49. The lowest BCUT2D eigenvalue weighted by Gasteiger charge is -2.35. The molecule has 9 nitrogen and oxygen atoms in total. The minimum Gasteiger partial charge on any atom is -0.364 e. The van der Waals surface area contributed by atoms with Crippen LogP contribution in [0.1, 0.15) is 35.7 Å². The highest BCUT2D eigenvalue weighted by atomic mass is 32.1. The van der Waals surface area contributed by atoms with Crippen molar-refractivity contribution in [2.75, 3.05) is 26.9 Å². The number of ether oxygens (including phenoxy) is 1. The van der Waals surface area contributed by atoms with Gasteiger partial charge in [0.1, 0.15) is 18.4 Å². The predicted octanol–water partition coefficient (Wildman–Crippen LogP) is 2.64. The van der Waals surface area contributed by atoms with Crippen LogP contribution in [0, 0.1) is 6.92 Å². The maximum Gasteiger partial charge on any atom is 0.390 e. The van der Waals surface area contributed by atoms with Crippen molar-refractivity contribution >= 4 is 34.3 Å². The fraction of sp³-hybridized carbons (Fsp3) is 0.619. The van der Waals surface area contributed by atoms with Gasteiger partial charge in [-0.2, -0.15) is 13.2 Å². The largest absolute Gasteiger partial charge is 0.390 e. The number of methoxy groups -OCH3 is 1. The number of fused-ring (bicyclic) bond motifs is 1. The van der Waals surface area contributed by atoms with Crippen molar-refractivity contribution in [1.82, 2.24) is 19.4 Å². The number of rotatable bonds is 7. The zero-order valence-electron chi connectivity index (χ0n) is 19.7. The Morgan fingerprint density at radius 2 is 1.92 bits per heavy atom. The van der Waals surface area contributed by atoms with E-state index < -0.39 is 55.2 Å². The van der Waals surface area contributed by atoms with Gasteiger partial charge >= 0.3 is 11.9 Å². The monoisotopic (exact) mass is 539 g/mol. The third-order valence-electron chi connectivity index (χ3n) is 6.03. The average Bonchev–Trinajstić information content (AvgIpc) is 3.36. The first kappa shape index (κ1) is 27.8. The second-order valence-corrected chi connectivity index (χ2v) is 9.54. The lowest BCUT2D eigenvalue weighted by atomic mass is 9.88. The topological polar surface area (TPSA) is 97.9 Å². The van der Waals surface area contributed by atoms with Gasteiger partial charge in [0.2, 0.25) is 0 Å². The van der Waals surface area contributed by atoms with Gasteiger partial charge in [-0.15, -0.1) is 11.3 Å². The van der Waals surface area contributed by atoms with E-state index in [2.05, 4.69) is 10.3 Å². The van der Waals surface area contributed by atoms with Crippen LogP contribution in [-0.2, 0) is 22.6 Å². The van der Waals surface area contributed by atoms with Gasteiger partial charge in [0.15, 0.2) is 5.96 Å². The summed E-state index contributed by atoms with van der Waals surface area (Å²) in [6.45, 7) is 4.62. The van der Waals surface area contributed by atoms with Gasteiger partial charge in [-0.3, -0.25) is 18.9 Å². The Balaban J connectivity index is 0.00000176. The summed E-state index contributed by atoms with van der Waals surface area (Å²) in [5.74, 6) is -2.42. The number of nitrogens with one attached hydrogen (secondary N) is 1. The average molecular weight is 540 g/mol. The summed E-state index contributed by atoms with van der Waals surface area (Å²) in [5, 5.41) is 3.11. The van der Waals surface area contributed by atoms with Crippen molar-refractivity contribution in [1.29, 1.82) is 0 Å². The molecule has 1 aliphatic heterocycles. The van der Waals surface area contributed by atoms with Crippen molar-refractivity contribution in [2.45, 2.75) is 57.4 Å². The molecule has 2 aromatic rings. The second kappa shape index (κ2) is 10.7. The number of aryl methyl sites for hydroxylation is 2. The summed E-state index contributed by atoms with van der Waals surface area (Å²) in [5.41, 5.74) is -1.21. The Kier molecular flexibility index (Phi) is 8.23. The number of aromatic nitrogens is 2. The van der Waals surface area contributed by atoms with E-state index in [4.69, 9.17) is 9.53 Å². The zero-order chi connectivity index (χ0) is 26.8. The van der Waals surface area contributed by atoms with Gasteiger partial charge in [0.05, 0.1) is 30.9 Å². The predicted molar refractivity (Wildman–Crippen MR) is 124 cm³/mol. The first-order valence-electron chi connectivity index (χ1n) is 10.9. The molecule has 0 radical (unpaired) electrons. The Labute approximate surface area is 206 Å². The first-order chi connectivity index (χ1) is 16.9. The molecule has 0 aromatic carbocycles. The van der Waals surface area contributed by atoms with Gasteiger partial charge < -0.3 is 19.7 Å². The molecule has 0 unspecified atom stereocenters. The Hall–Kier alpha value is -2.81. The quantitative estimate of drug-likeness (QED) is 0.429. The number of alkyl halides is 5. The van der Waals surface area contributed by atoms with Gasteiger partial charge in [-0.1, -0.05) is 0 Å². The molecule has 1 saturated carbocycles. The maximum absolute atomic E-state index is 13.5. The highest BCUT2D eigenvalue weighted by molar-refractivity contribution is 7.18. The molecule has 15 heteroatoms. The molecule has 1 fully saturated rings. The van der Waals surface area contributed by atoms with Crippen LogP contribution in [0.3, 0.4) is 0 Å².